The highest BCUT2D eigenvalue weighted by Crippen LogP contribution is 2.18. The average molecular weight is 283 g/mol. The number of hydrogen-bond donors (Lipinski definition) is 3. The van der Waals surface area contributed by atoms with Gasteiger partial charge in [0.25, 0.3) is 0 Å². The zero-order valence-corrected chi connectivity index (χ0v) is 12.8. The summed E-state index contributed by atoms with van der Waals surface area (Å²) >= 11 is 0. The molecule has 0 spiro atoms. The van der Waals surface area contributed by atoms with Gasteiger partial charge in [-0.1, -0.05) is 13.3 Å². The SMILES string of the molecule is CC(N)CCCC(C)C(=O)NCCCC(=O)NC1CC1. The third-order valence-electron chi connectivity index (χ3n) is 3.57. The van der Waals surface area contributed by atoms with Crippen molar-refractivity contribution in [2.45, 2.75) is 70.9 Å². The molecular weight excluding hydrogens is 254 g/mol. The summed E-state index contributed by atoms with van der Waals surface area (Å²) in [6.45, 7) is 4.50. The molecule has 0 radical (unpaired) electrons. The minimum atomic E-state index is 0.0223. The van der Waals surface area contributed by atoms with Crippen LogP contribution in [0.1, 0.15) is 58.8 Å². The Balaban J connectivity index is 1.99. The molecule has 0 heterocycles. The standard InChI is InChI=1S/C15H29N3O2/c1-11(5-3-6-12(2)16)15(20)17-10-4-7-14(19)18-13-8-9-13/h11-13H,3-10,16H2,1-2H3,(H,17,20)(H,18,19). The summed E-state index contributed by atoms with van der Waals surface area (Å²) in [7, 11) is 0. The lowest BCUT2D eigenvalue weighted by molar-refractivity contribution is -0.125. The van der Waals surface area contributed by atoms with E-state index in [1.54, 1.807) is 0 Å². The van der Waals surface area contributed by atoms with Crippen LogP contribution in [-0.4, -0.2) is 30.4 Å². The summed E-state index contributed by atoms with van der Waals surface area (Å²) in [4.78, 5) is 23.2. The molecule has 0 bridgehead atoms. The van der Waals surface area contributed by atoms with Crippen molar-refractivity contribution in [3.05, 3.63) is 0 Å². The molecule has 2 amide bonds. The van der Waals surface area contributed by atoms with Crippen LogP contribution in [0.15, 0.2) is 0 Å². The van der Waals surface area contributed by atoms with E-state index in [0.717, 1.165) is 32.1 Å². The van der Waals surface area contributed by atoms with Gasteiger partial charge in [0, 0.05) is 31.0 Å². The molecule has 2 atom stereocenters. The van der Waals surface area contributed by atoms with Crippen molar-refractivity contribution in [3.8, 4) is 0 Å². The molecule has 0 aromatic carbocycles. The zero-order valence-electron chi connectivity index (χ0n) is 12.8. The molecule has 0 aliphatic heterocycles. The van der Waals surface area contributed by atoms with E-state index < -0.39 is 0 Å². The Hall–Kier alpha value is -1.10. The monoisotopic (exact) mass is 283 g/mol. The summed E-state index contributed by atoms with van der Waals surface area (Å²) in [6.07, 6.45) is 6.24. The van der Waals surface area contributed by atoms with E-state index in [4.69, 9.17) is 5.73 Å². The first-order chi connectivity index (χ1) is 9.49. The fourth-order valence-corrected chi connectivity index (χ4v) is 2.04. The molecule has 20 heavy (non-hydrogen) atoms. The second-order valence-electron chi connectivity index (χ2n) is 6.05. The van der Waals surface area contributed by atoms with Crippen LogP contribution in [0.3, 0.4) is 0 Å². The molecule has 0 aromatic heterocycles. The summed E-state index contributed by atoms with van der Waals surface area (Å²) in [5.74, 6) is 0.207. The van der Waals surface area contributed by atoms with Gasteiger partial charge in [-0.25, -0.2) is 0 Å². The molecule has 1 rings (SSSR count). The molecule has 5 heteroatoms. The predicted octanol–water partition coefficient (Wildman–Crippen LogP) is 1.32. The first kappa shape index (κ1) is 17.0. The van der Waals surface area contributed by atoms with Crippen molar-refractivity contribution < 1.29 is 9.59 Å². The van der Waals surface area contributed by atoms with Crippen molar-refractivity contribution in [1.29, 1.82) is 0 Å². The van der Waals surface area contributed by atoms with Crippen molar-refractivity contribution in [1.82, 2.24) is 10.6 Å². The molecule has 1 saturated carbocycles. The Morgan fingerprint density at radius 3 is 2.50 bits per heavy atom. The maximum Gasteiger partial charge on any atom is 0.222 e. The van der Waals surface area contributed by atoms with Gasteiger partial charge in [0.2, 0.25) is 11.8 Å². The Kier molecular flexibility index (Phi) is 7.59. The molecule has 1 aliphatic rings. The first-order valence-corrected chi connectivity index (χ1v) is 7.81. The quantitative estimate of drug-likeness (QED) is 0.529. The molecular formula is C15H29N3O2. The van der Waals surface area contributed by atoms with Crippen LogP contribution in [0.2, 0.25) is 0 Å². The predicted molar refractivity (Wildman–Crippen MR) is 80.1 cm³/mol. The molecule has 1 aliphatic carbocycles. The van der Waals surface area contributed by atoms with E-state index in [1.165, 1.54) is 0 Å². The number of carbonyl (C=O) groups excluding carboxylic acids is 2. The zero-order chi connectivity index (χ0) is 15.0. The first-order valence-electron chi connectivity index (χ1n) is 7.81. The Labute approximate surface area is 122 Å². The summed E-state index contributed by atoms with van der Waals surface area (Å²) in [5, 5.41) is 5.83. The van der Waals surface area contributed by atoms with Crippen molar-refractivity contribution in [2.24, 2.45) is 11.7 Å². The third-order valence-corrected chi connectivity index (χ3v) is 3.57. The lowest BCUT2D eigenvalue weighted by Crippen LogP contribution is -2.31. The molecule has 4 N–H and O–H groups in total. The molecule has 5 nitrogen and oxygen atoms in total. The second kappa shape index (κ2) is 8.95. The van der Waals surface area contributed by atoms with Gasteiger partial charge in [-0.15, -0.1) is 0 Å². The van der Waals surface area contributed by atoms with E-state index in [0.29, 0.717) is 25.4 Å². The number of rotatable bonds is 10. The highest BCUT2D eigenvalue weighted by molar-refractivity contribution is 5.78. The second-order valence-corrected chi connectivity index (χ2v) is 6.05. The largest absolute Gasteiger partial charge is 0.356 e. The number of hydrogen-bond acceptors (Lipinski definition) is 3. The van der Waals surface area contributed by atoms with E-state index >= 15 is 0 Å². The van der Waals surface area contributed by atoms with Gasteiger partial charge in [0.1, 0.15) is 0 Å². The number of nitrogens with one attached hydrogen (secondary N) is 2. The maximum atomic E-state index is 11.8. The summed E-state index contributed by atoms with van der Waals surface area (Å²) in [6, 6.07) is 0.622. The number of amides is 2. The molecule has 0 aromatic rings. The minimum Gasteiger partial charge on any atom is -0.356 e. The van der Waals surface area contributed by atoms with E-state index in [-0.39, 0.29) is 23.8 Å². The maximum absolute atomic E-state index is 11.8. The van der Waals surface area contributed by atoms with Gasteiger partial charge >= 0.3 is 0 Å². The molecule has 116 valence electrons. The third kappa shape index (κ3) is 8.15. The number of nitrogens with two attached hydrogens (primary N) is 1. The summed E-state index contributed by atoms with van der Waals surface area (Å²) in [5.41, 5.74) is 5.68. The lowest BCUT2D eigenvalue weighted by Gasteiger charge is -2.12. The average Bonchev–Trinajstić information content (AvgIpc) is 3.17. The topological polar surface area (TPSA) is 84.2 Å². The van der Waals surface area contributed by atoms with Gasteiger partial charge in [-0.3, -0.25) is 9.59 Å². The van der Waals surface area contributed by atoms with Gasteiger partial charge in [0.05, 0.1) is 0 Å². The fraction of sp³-hybridized carbons (Fsp3) is 0.867. The van der Waals surface area contributed by atoms with Crippen LogP contribution in [0.25, 0.3) is 0 Å². The van der Waals surface area contributed by atoms with E-state index in [1.807, 2.05) is 13.8 Å². The van der Waals surface area contributed by atoms with E-state index in [9.17, 15) is 9.59 Å². The molecule has 0 saturated heterocycles. The molecule has 1 fully saturated rings. The Bertz CT molecular complexity index is 314. The van der Waals surface area contributed by atoms with Crippen LogP contribution >= 0.6 is 0 Å². The highest BCUT2D eigenvalue weighted by Gasteiger charge is 2.22. The van der Waals surface area contributed by atoms with Crippen LogP contribution in [0.5, 0.6) is 0 Å². The number of carbonyl (C=O) groups is 2. The van der Waals surface area contributed by atoms with Crippen molar-refractivity contribution >= 4 is 11.8 Å². The minimum absolute atomic E-state index is 0.0223. The Morgan fingerprint density at radius 1 is 1.20 bits per heavy atom. The van der Waals surface area contributed by atoms with Gasteiger partial charge in [-0.05, 0) is 39.0 Å². The molecule has 2 unspecified atom stereocenters. The van der Waals surface area contributed by atoms with Gasteiger partial charge in [-0.2, -0.15) is 0 Å². The van der Waals surface area contributed by atoms with Gasteiger partial charge in [0.15, 0.2) is 0 Å². The smallest absolute Gasteiger partial charge is 0.222 e. The highest BCUT2D eigenvalue weighted by atomic mass is 16.2. The van der Waals surface area contributed by atoms with Gasteiger partial charge < -0.3 is 16.4 Å². The lowest BCUT2D eigenvalue weighted by atomic mass is 10.0. The summed E-state index contributed by atoms with van der Waals surface area (Å²) < 4.78 is 0. The van der Waals surface area contributed by atoms with Crippen molar-refractivity contribution in [2.75, 3.05) is 6.54 Å². The van der Waals surface area contributed by atoms with Crippen LogP contribution < -0.4 is 16.4 Å². The van der Waals surface area contributed by atoms with Crippen molar-refractivity contribution in [3.63, 3.8) is 0 Å². The van der Waals surface area contributed by atoms with Crippen LogP contribution in [-0.2, 0) is 9.59 Å². The van der Waals surface area contributed by atoms with Crippen LogP contribution in [0.4, 0.5) is 0 Å². The van der Waals surface area contributed by atoms with E-state index in [2.05, 4.69) is 10.6 Å². The Morgan fingerprint density at radius 2 is 1.90 bits per heavy atom. The van der Waals surface area contributed by atoms with Crippen LogP contribution in [0, 0.1) is 5.92 Å². The fourth-order valence-electron chi connectivity index (χ4n) is 2.04. The normalized spacial score (nSPS) is 17.4.